The number of hydrogen-bond acceptors (Lipinski definition) is 5. The molecule has 0 spiro atoms. The molecule has 1 aliphatic heterocycles. The Bertz CT molecular complexity index is 891. The minimum Gasteiger partial charge on any atom is -0.406 e. The summed E-state index contributed by atoms with van der Waals surface area (Å²) in [6.07, 6.45) is -3.12. The molecule has 1 atom stereocenters. The van der Waals surface area contributed by atoms with E-state index < -0.39 is 12.4 Å². The van der Waals surface area contributed by atoms with Gasteiger partial charge in [0.1, 0.15) is 5.75 Å². The quantitative estimate of drug-likeness (QED) is 0.586. The second-order valence-corrected chi connectivity index (χ2v) is 7.59. The number of carbonyl (C=O) groups excluding carboxylic acids is 2. The number of anilines is 2. The van der Waals surface area contributed by atoms with Crippen LogP contribution in [0.25, 0.3) is 0 Å². The van der Waals surface area contributed by atoms with Crippen molar-refractivity contribution in [2.75, 3.05) is 17.2 Å². The first kappa shape index (κ1) is 21.8. The molecule has 3 rings (SSSR count). The van der Waals surface area contributed by atoms with Gasteiger partial charge in [0.25, 0.3) is 0 Å². The Morgan fingerprint density at radius 3 is 2.13 bits per heavy atom. The van der Waals surface area contributed by atoms with E-state index in [0.29, 0.717) is 11.4 Å². The number of carbonyl (C=O) groups is 2. The van der Waals surface area contributed by atoms with Crippen molar-refractivity contribution in [1.82, 2.24) is 4.31 Å². The van der Waals surface area contributed by atoms with Crippen LogP contribution in [-0.4, -0.2) is 35.2 Å². The van der Waals surface area contributed by atoms with Gasteiger partial charge in [0.05, 0.1) is 6.04 Å². The number of alkyl halides is 3. The molecule has 0 bridgehead atoms. The first-order valence-electron chi connectivity index (χ1n) is 8.97. The number of primary amides is 1. The smallest absolute Gasteiger partial charge is 0.406 e. The monoisotopic (exact) mass is 440 g/mol. The molecular weight excluding hydrogens is 421 g/mol. The predicted molar refractivity (Wildman–Crippen MR) is 107 cm³/mol. The zero-order chi connectivity index (χ0) is 21.7. The molecule has 30 heavy (non-hydrogen) atoms. The molecule has 1 fully saturated rings. The Labute approximate surface area is 174 Å². The molecule has 0 radical (unpaired) electrons. The highest BCUT2D eigenvalue weighted by Crippen LogP contribution is 2.31. The van der Waals surface area contributed by atoms with Gasteiger partial charge < -0.3 is 21.1 Å². The van der Waals surface area contributed by atoms with Gasteiger partial charge in [-0.1, -0.05) is 0 Å². The maximum atomic E-state index is 12.2. The van der Waals surface area contributed by atoms with Gasteiger partial charge in [-0.2, -0.15) is 0 Å². The maximum absolute atomic E-state index is 12.2. The molecule has 1 saturated heterocycles. The minimum absolute atomic E-state index is 0.286. The second-order valence-electron chi connectivity index (χ2n) is 6.47. The van der Waals surface area contributed by atoms with Gasteiger partial charge >= 0.3 is 12.4 Å². The molecular formula is C19H19F3N4O3S. The first-order valence-corrected chi connectivity index (χ1v) is 9.75. The van der Waals surface area contributed by atoms with Crippen LogP contribution in [0.2, 0.25) is 0 Å². The zero-order valence-electron chi connectivity index (χ0n) is 15.6. The molecule has 2 aromatic carbocycles. The van der Waals surface area contributed by atoms with E-state index in [-0.39, 0.29) is 17.7 Å². The van der Waals surface area contributed by atoms with Gasteiger partial charge in [-0.15, -0.1) is 13.2 Å². The van der Waals surface area contributed by atoms with Crippen molar-refractivity contribution in [3.63, 3.8) is 0 Å². The topological polar surface area (TPSA) is 96.7 Å². The summed E-state index contributed by atoms with van der Waals surface area (Å²) in [6.45, 7) is 0.771. The Morgan fingerprint density at radius 1 is 1.03 bits per heavy atom. The normalized spacial score (nSPS) is 16.8. The van der Waals surface area contributed by atoms with E-state index in [4.69, 9.17) is 5.73 Å². The molecule has 160 valence electrons. The Kier molecular flexibility index (Phi) is 6.73. The van der Waals surface area contributed by atoms with Crippen LogP contribution in [0.5, 0.6) is 5.75 Å². The molecule has 1 unspecified atom stereocenters. The summed E-state index contributed by atoms with van der Waals surface area (Å²) < 4.78 is 42.2. The van der Waals surface area contributed by atoms with Crippen LogP contribution < -0.4 is 21.1 Å². The number of nitrogens with one attached hydrogen (secondary N) is 2. The molecule has 3 amide bonds. The van der Waals surface area contributed by atoms with Gasteiger partial charge in [0.2, 0.25) is 5.91 Å². The summed E-state index contributed by atoms with van der Waals surface area (Å²) in [6, 6.07) is 11.0. The predicted octanol–water partition coefficient (Wildman–Crippen LogP) is 4.19. The van der Waals surface area contributed by atoms with Crippen LogP contribution in [0, 0.1) is 0 Å². The Hall–Kier alpha value is -2.92. The Morgan fingerprint density at radius 2 is 1.60 bits per heavy atom. The average molecular weight is 440 g/mol. The highest BCUT2D eigenvalue weighted by Gasteiger charge is 2.31. The fourth-order valence-electron chi connectivity index (χ4n) is 2.90. The van der Waals surface area contributed by atoms with E-state index >= 15 is 0 Å². The van der Waals surface area contributed by atoms with Crippen LogP contribution in [0.4, 0.5) is 29.3 Å². The number of benzene rings is 2. The lowest BCUT2D eigenvalue weighted by molar-refractivity contribution is -0.274. The van der Waals surface area contributed by atoms with Crippen molar-refractivity contribution < 1.29 is 27.5 Å². The number of ether oxygens (including phenoxy) is 1. The van der Waals surface area contributed by atoms with Crippen molar-refractivity contribution in [1.29, 1.82) is 0 Å². The van der Waals surface area contributed by atoms with Gasteiger partial charge in [-0.05, 0) is 73.3 Å². The fraction of sp³-hybridized carbons (Fsp3) is 0.263. The lowest BCUT2D eigenvalue weighted by Crippen LogP contribution is -2.36. The highest BCUT2D eigenvalue weighted by atomic mass is 32.2. The summed E-state index contributed by atoms with van der Waals surface area (Å²) in [4.78, 5) is 24.4. The van der Waals surface area contributed by atoms with Gasteiger partial charge in [0, 0.05) is 22.8 Å². The number of nitrogens with zero attached hydrogens (tertiary/aromatic N) is 1. The molecule has 7 nitrogen and oxygen atoms in total. The number of rotatable bonds is 6. The Balaban J connectivity index is 1.51. The van der Waals surface area contributed by atoms with Gasteiger partial charge in [-0.25, -0.2) is 9.10 Å². The summed E-state index contributed by atoms with van der Waals surface area (Å²) in [5.74, 6) is -0.717. The largest absolute Gasteiger partial charge is 0.573 e. The third-order valence-electron chi connectivity index (χ3n) is 4.21. The fourth-order valence-corrected chi connectivity index (χ4v) is 3.99. The number of halogens is 3. The molecule has 0 saturated carbocycles. The second kappa shape index (κ2) is 9.26. The summed E-state index contributed by atoms with van der Waals surface area (Å²) in [5.41, 5.74) is 6.25. The van der Waals surface area contributed by atoms with Crippen LogP contribution in [-0.2, 0) is 4.79 Å². The molecule has 1 heterocycles. The van der Waals surface area contributed by atoms with Crippen LogP contribution >= 0.6 is 11.9 Å². The minimum atomic E-state index is -4.77. The number of hydrogen-bond donors (Lipinski definition) is 3. The standard InChI is InChI=1S/C19H19F3N4O3S/c20-19(21,22)29-14-7-3-12(4-8-14)24-18(28)25-13-5-9-15(10-6-13)30-26-11-1-2-16(26)17(23)27/h3-10,16H,1-2,11H2,(H2,23,27)(H2,24,25,28). The lowest BCUT2D eigenvalue weighted by Gasteiger charge is -2.20. The van der Waals surface area contributed by atoms with E-state index in [1.165, 1.54) is 24.1 Å². The van der Waals surface area contributed by atoms with Crippen molar-refractivity contribution in [3.05, 3.63) is 48.5 Å². The van der Waals surface area contributed by atoms with Crippen molar-refractivity contribution >= 4 is 35.3 Å². The number of urea groups is 1. The van der Waals surface area contributed by atoms with Crippen LogP contribution in [0.15, 0.2) is 53.4 Å². The summed E-state index contributed by atoms with van der Waals surface area (Å²) >= 11 is 1.44. The van der Waals surface area contributed by atoms with Crippen LogP contribution in [0.3, 0.4) is 0 Å². The van der Waals surface area contributed by atoms with E-state index in [1.807, 2.05) is 4.31 Å². The van der Waals surface area contributed by atoms with Crippen molar-refractivity contribution in [2.24, 2.45) is 5.73 Å². The summed E-state index contributed by atoms with van der Waals surface area (Å²) in [5, 5.41) is 5.15. The van der Waals surface area contributed by atoms with Gasteiger partial charge in [-0.3, -0.25) is 4.79 Å². The van der Waals surface area contributed by atoms with Crippen molar-refractivity contribution in [2.45, 2.75) is 30.1 Å². The number of amides is 3. The number of nitrogens with two attached hydrogens (primary N) is 1. The SMILES string of the molecule is NC(=O)C1CCCN1Sc1ccc(NC(=O)Nc2ccc(OC(F)(F)F)cc2)cc1. The molecule has 2 aromatic rings. The molecule has 4 N–H and O–H groups in total. The highest BCUT2D eigenvalue weighted by molar-refractivity contribution is 7.97. The van der Waals surface area contributed by atoms with E-state index in [9.17, 15) is 22.8 Å². The third-order valence-corrected chi connectivity index (χ3v) is 5.37. The lowest BCUT2D eigenvalue weighted by atomic mass is 10.2. The molecule has 11 heteroatoms. The van der Waals surface area contributed by atoms with Crippen molar-refractivity contribution in [3.8, 4) is 5.75 Å². The first-order chi connectivity index (χ1) is 14.2. The van der Waals surface area contributed by atoms with E-state index in [2.05, 4.69) is 15.4 Å². The van der Waals surface area contributed by atoms with E-state index in [0.717, 1.165) is 36.4 Å². The summed E-state index contributed by atoms with van der Waals surface area (Å²) in [7, 11) is 0. The maximum Gasteiger partial charge on any atom is 0.573 e. The third kappa shape index (κ3) is 6.29. The molecule has 0 aliphatic carbocycles. The zero-order valence-corrected chi connectivity index (χ0v) is 16.4. The molecule has 0 aromatic heterocycles. The molecule has 1 aliphatic rings. The van der Waals surface area contributed by atoms with Crippen LogP contribution in [0.1, 0.15) is 12.8 Å². The average Bonchev–Trinajstić information content (AvgIpc) is 3.12. The van der Waals surface area contributed by atoms with E-state index in [1.54, 1.807) is 24.3 Å². The van der Waals surface area contributed by atoms with Gasteiger partial charge in [0.15, 0.2) is 0 Å².